The Morgan fingerprint density at radius 3 is 2.17 bits per heavy atom. The summed E-state index contributed by atoms with van der Waals surface area (Å²) in [7, 11) is -3.99. The summed E-state index contributed by atoms with van der Waals surface area (Å²) >= 11 is 0. The van der Waals surface area contributed by atoms with Crippen LogP contribution in [0.15, 0.2) is 44.2 Å². The molecule has 0 aliphatic carbocycles. The van der Waals surface area contributed by atoms with Gasteiger partial charge in [0.05, 0.1) is 22.8 Å². The summed E-state index contributed by atoms with van der Waals surface area (Å²) in [5.74, 6) is -0.394. The van der Waals surface area contributed by atoms with Gasteiger partial charge in [0.2, 0.25) is 15.9 Å². The maximum Gasteiger partial charge on any atom is 0.271 e. The number of azo groups is 1. The van der Waals surface area contributed by atoms with Crippen molar-refractivity contribution in [3.05, 3.63) is 45.7 Å². The highest BCUT2D eigenvalue weighted by Crippen LogP contribution is 2.32. The fourth-order valence-electron chi connectivity index (χ4n) is 3.38. The number of benzene rings is 1. The molecule has 2 rings (SSSR count). The Labute approximate surface area is 204 Å². The molecule has 35 heavy (non-hydrogen) atoms. The normalized spacial score (nSPS) is 13.8. The van der Waals surface area contributed by atoms with E-state index in [9.17, 15) is 33.8 Å². The van der Waals surface area contributed by atoms with E-state index in [1.165, 1.54) is 45.0 Å². The number of rotatable bonds is 11. The molecule has 0 bridgehead atoms. The molecule has 2 aromatic rings. The predicted molar refractivity (Wildman–Crippen MR) is 129 cm³/mol. The van der Waals surface area contributed by atoms with Gasteiger partial charge < -0.3 is 15.3 Å². The fraction of sp³-hybridized carbons (Fsp3) is 0.478. The number of hydrogen-bond donors (Lipinski definition) is 3. The number of aliphatic hydroxyl groups excluding tert-OH is 2. The molecule has 0 amide bonds. The van der Waals surface area contributed by atoms with E-state index in [1.807, 2.05) is 13.0 Å². The zero-order valence-electron chi connectivity index (χ0n) is 20.2. The van der Waals surface area contributed by atoms with E-state index in [0.29, 0.717) is 6.42 Å². The van der Waals surface area contributed by atoms with Crippen LogP contribution in [0.25, 0.3) is 0 Å². The summed E-state index contributed by atoms with van der Waals surface area (Å²) in [5.41, 5.74) is -0.286. The molecule has 3 N–H and O–H groups in total. The van der Waals surface area contributed by atoms with Crippen molar-refractivity contribution in [3.8, 4) is 11.9 Å². The van der Waals surface area contributed by atoms with Gasteiger partial charge in [0.15, 0.2) is 5.69 Å². The van der Waals surface area contributed by atoms with Crippen LogP contribution >= 0.6 is 0 Å². The van der Waals surface area contributed by atoms with Gasteiger partial charge in [-0.15, -0.1) is 5.11 Å². The molecule has 0 radical (unpaired) electrons. The molecule has 1 aromatic carbocycles. The number of aromatic hydroxyl groups is 1. The molecular weight excluding hydrogens is 474 g/mol. The largest absolute Gasteiger partial charge is 0.493 e. The lowest BCUT2D eigenvalue weighted by atomic mass is 10.1. The van der Waals surface area contributed by atoms with Crippen LogP contribution < -0.4 is 5.56 Å². The van der Waals surface area contributed by atoms with Crippen molar-refractivity contribution in [3.63, 3.8) is 0 Å². The van der Waals surface area contributed by atoms with E-state index in [1.54, 1.807) is 0 Å². The van der Waals surface area contributed by atoms with E-state index in [0.717, 1.165) is 15.3 Å². The topological polar surface area (TPSA) is 169 Å². The van der Waals surface area contributed by atoms with Crippen molar-refractivity contribution in [2.45, 2.75) is 64.2 Å². The zero-order valence-corrected chi connectivity index (χ0v) is 21.0. The van der Waals surface area contributed by atoms with Gasteiger partial charge in [0.1, 0.15) is 11.6 Å². The summed E-state index contributed by atoms with van der Waals surface area (Å²) in [4.78, 5) is 12.5. The van der Waals surface area contributed by atoms with Crippen LogP contribution in [0.1, 0.15) is 44.7 Å². The van der Waals surface area contributed by atoms with Gasteiger partial charge in [-0.05, 0) is 51.5 Å². The minimum absolute atomic E-state index is 0.0195. The summed E-state index contributed by atoms with van der Waals surface area (Å²) in [6.45, 7) is 6.20. The van der Waals surface area contributed by atoms with Crippen molar-refractivity contribution in [2.75, 3.05) is 13.1 Å². The molecule has 2 atom stereocenters. The molecule has 2 unspecified atom stereocenters. The SMILES string of the molecule is CCCCn1c(O)c(/N=N/c2ccc(S(=O)(=O)N(CC(C)O)CC(C)O)cc2)c(C)c(C#N)c1=O. The Kier molecular flexibility index (Phi) is 9.67. The second-order valence-electron chi connectivity index (χ2n) is 8.31. The minimum Gasteiger partial charge on any atom is -0.493 e. The Balaban J connectivity index is 2.41. The first kappa shape index (κ1) is 28.1. The van der Waals surface area contributed by atoms with Crippen molar-refractivity contribution in [2.24, 2.45) is 10.2 Å². The summed E-state index contributed by atoms with van der Waals surface area (Å²) < 4.78 is 28.0. The second kappa shape index (κ2) is 12.0. The molecule has 0 fully saturated rings. The number of aliphatic hydroxyl groups is 2. The van der Waals surface area contributed by atoms with Crippen LogP contribution in [0.5, 0.6) is 5.88 Å². The second-order valence-corrected chi connectivity index (χ2v) is 10.2. The minimum atomic E-state index is -3.99. The number of hydrogen-bond acceptors (Lipinski definition) is 9. The number of nitriles is 1. The summed E-state index contributed by atoms with van der Waals surface area (Å²) in [6, 6.07) is 7.30. The van der Waals surface area contributed by atoms with Gasteiger partial charge in [-0.2, -0.15) is 14.7 Å². The van der Waals surface area contributed by atoms with E-state index in [4.69, 9.17) is 0 Å². The number of aromatic nitrogens is 1. The molecule has 12 heteroatoms. The van der Waals surface area contributed by atoms with Crippen LogP contribution in [0.3, 0.4) is 0 Å². The molecule has 1 heterocycles. The lowest BCUT2D eigenvalue weighted by Gasteiger charge is -2.24. The first-order valence-corrected chi connectivity index (χ1v) is 12.6. The number of sulfonamides is 1. The predicted octanol–water partition coefficient (Wildman–Crippen LogP) is 2.70. The quantitative estimate of drug-likeness (QED) is 0.394. The van der Waals surface area contributed by atoms with Gasteiger partial charge >= 0.3 is 0 Å². The highest BCUT2D eigenvalue weighted by Gasteiger charge is 2.27. The molecule has 0 saturated heterocycles. The van der Waals surface area contributed by atoms with E-state index in [2.05, 4.69) is 10.2 Å². The Morgan fingerprint density at radius 1 is 1.11 bits per heavy atom. The zero-order chi connectivity index (χ0) is 26.3. The molecule has 11 nitrogen and oxygen atoms in total. The molecule has 1 aromatic heterocycles. The van der Waals surface area contributed by atoms with Crippen LogP contribution in [-0.4, -0.2) is 57.9 Å². The van der Waals surface area contributed by atoms with E-state index in [-0.39, 0.29) is 47.0 Å². The van der Waals surface area contributed by atoms with Gasteiger partial charge in [-0.1, -0.05) is 13.3 Å². The molecule has 0 saturated carbocycles. The maximum atomic E-state index is 13.0. The first-order chi connectivity index (χ1) is 16.4. The maximum absolute atomic E-state index is 13.0. The highest BCUT2D eigenvalue weighted by molar-refractivity contribution is 7.89. The lowest BCUT2D eigenvalue weighted by molar-refractivity contribution is 0.125. The van der Waals surface area contributed by atoms with Gasteiger partial charge in [-0.25, -0.2) is 8.42 Å². The fourth-order valence-corrected chi connectivity index (χ4v) is 4.98. The third-order valence-electron chi connectivity index (χ3n) is 5.18. The Hall–Kier alpha value is -3.11. The van der Waals surface area contributed by atoms with Crippen LogP contribution in [-0.2, 0) is 16.6 Å². The Morgan fingerprint density at radius 2 is 1.69 bits per heavy atom. The van der Waals surface area contributed by atoms with Crippen LogP contribution in [0.2, 0.25) is 0 Å². The van der Waals surface area contributed by atoms with Crippen molar-refractivity contribution in [1.82, 2.24) is 8.87 Å². The number of unbranched alkanes of at least 4 members (excludes halogenated alkanes) is 1. The van der Waals surface area contributed by atoms with Crippen LogP contribution in [0.4, 0.5) is 11.4 Å². The highest BCUT2D eigenvalue weighted by atomic mass is 32.2. The van der Waals surface area contributed by atoms with Crippen molar-refractivity contribution >= 4 is 21.4 Å². The summed E-state index contributed by atoms with van der Waals surface area (Å²) in [5, 5.41) is 47.4. The molecule has 190 valence electrons. The van der Waals surface area contributed by atoms with Gasteiger partial charge in [-0.3, -0.25) is 9.36 Å². The molecule has 0 aliphatic heterocycles. The van der Waals surface area contributed by atoms with Crippen molar-refractivity contribution < 1.29 is 23.7 Å². The van der Waals surface area contributed by atoms with Gasteiger partial charge in [0.25, 0.3) is 5.56 Å². The monoisotopic (exact) mass is 505 g/mol. The summed E-state index contributed by atoms with van der Waals surface area (Å²) in [6.07, 6.45) is -0.452. The third kappa shape index (κ3) is 6.73. The molecular formula is C23H31N5O6S. The molecule has 0 spiro atoms. The number of pyridine rings is 1. The molecule has 0 aliphatic rings. The third-order valence-corrected chi connectivity index (χ3v) is 7.03. The van der Waals surface area contributed by atoms with E-state index >= 15 is 0 Å². The lowest BCUT2D eigenvalue weighted by Crippen LogP contribution is -2.40. The standard InChI is InChI=1S/C23H31N5O6S/c1-5-6-11-28-22(31)20(12-24)17(4)21(23(28)32)26-25-18-7-9-19(10-8-18)35(33,34)27(13-15(2)29)14-16(3)30/h7-10,15-16,29-30,32H,5-6,11,13-14H2,1-4H3/b26-25+. The number of nitrogens with zero attached hydrogens (tertiary/aromatic N) is 5. The smallest absolute Gasteiger partial charge is 0.271 e. The van der Waals surface area contributed by atoms with Crippen LogP contribution in [0, 0.1) is 18.3 Å². The van der Waals surface area contributed by atoms with Crippen molar-refractivity contribution in [1.29, 1.82) is 5.26 Å². The Bertz CT molecular complexity index is 1250. The van der Waals surface area contributed by atoms with E-state index < -0.39 is 33.7 Å². The average molecular weight is 506 g/mol. The first-order valence-electron chi connectivity index (χ1n) is 11.2. The van der Waals surface area contributed by atoms with Gasteiger partial charge in [0, 0.05) is 25.2 Å². The average Bonchev–Trinajstić information content (AvgIpc) is 2.78.